The molecule has 2 fully saturated rings. The second kappa shape index (κ2) is 8.84. The molecule has 1 amide bonds. The number of nitrogens with two attached hydrogens (primary N) is 1. The third kappa shape index (κ3) is 5.07. The van der Waals surface area contributed by atoms with E-state index < -0.39 is 5.91 Å². The molecular weight excluding hydrogens is 346 g/mol. The summed E-state index contributed by atoms with van der Waals surface area (Å²) in [5.41, 5.74) is 5.77. The topological polar surface area (TPSA) is 122 Å². The predicted octanol–water partition coefficient (Wildman–Crippen LogP) is 1.91. The van der Waals surface area contributed by atoms with Crippen LogP contribution in [0.25, 0.3) is 0 Å². The third-order valence-electron chi connectivity index (χ3n) is 5.89. The van der Waals surface area contributed by atoms with E-state index in [1.54, 1.807) is 7.11 Å². The van der Waals surface area contributed by atoms with Crippen LogP contribution in [-0.4, -0.2) is 52.4 Å². The summed E-state index contributed by atoms with van der Waals surface area (Å²) in [4.78, 5) is 20.6. The Kier molecular flexibility index (Phi) is 6.49. The highest BCUT2D eigenvalue weighted by atomic mass is 16.5. The lowest BCUT2D eigenvalue weighted by Crippen LogP contribution is -2.36. The SMILES string of the molecule is COC1CCC(Nc2ncc(C(N)=O)c(NC3CCC(C)[C@@H](O)C3)n2)CC1. The molecule has 0 spiro atoms. The zero-order valence-electron chi connectivity index (χ0n) is 16.1. The molecule has 1 aromatic rings. The molecule has 1 heterocycles. The molecule has 5 N–H and O–H groups in total. The molecule has 2 aliphatic carbocycles. The molecule has 2 aliphatic rings. The van der Waals surface area contributed by atoms with Crippen molar-refractivity contribution in [3.05, 3.63) is 11.8 Å². The van der Waals surface area contributed by atoms with Gasteiger partial charge in [-0.05, 0) is 50.9 Å². The molecule has 2 saturated carbocycles. The van der Waals surface area contributed by atoms with Gasteiger partial charge < -0.3 is 26.2 Å². The van der Waals surface area contributed by atoms with Crippen LogP contribution >= 0.6 is 0 Å². The number of carbonyl (C=O) groups is 1. The van der Waals surface area contributed by atoms with Crippen LogP contribution in [0.2, 0.25) is 0 Å². The standard InChI is InChI=1S/C19H31N5O3/c1-11-3-4-13(9-16(11)25)22-18-15(17(20)26)10-21-19(24-18)23-12-5-7-14(27-2)8-6-12/h10-14,16,25H,3-9H2,1-2H3,(H2,20,26)(H2,21,22,23,24)/t11?,12?,13?,14?,16-/m0/s1. The van der Waals surface area contributed by atoms with Gasteiger partial charge in [0.2, 0.25) is 5.95 Å². The highest BCUT2D eigenvalue weighted by molar-refractivity contribution is 5.97. The fourth-order valence-electron chi connectivity index (χ4n) is 3.99. The van der Waals surface area contributed by atoms with Crippen molar-refractivity contribution >= 4 is 17.7 Å². The average Bonchev–Trinajstić information content (AvgIpc) is 2.65. The molecule has 8 heteroatoms. The van der Waals surface area contributed by atoms with Crippen LogP contribution in [0.3, 0.4) is 0 Å². The Morgan fingerprint density at radius 3 is 2.52 bits per heavy atom. The summed E-state index contributed by atoms with van der Waals surface area (Å²) >= 11 is 0. The molecule has 2 unspecified atom stereocenters. The lowest BCUT2D eigenvalue weighted by atomic mass is 9.85. The van der Waals surface area contributed by atoms with Crippen molar-refractivity contribution in [2.75, 3.05) is 17.7 Å². The van der Waals surface area contributed by atoms with E-state index in [1.165, 1.54) is 6.20 Å². The van der Waals surface area contributed by atoms with Crippen molar-refractivity contribution in [1.29, 1.82) is 0 Å². The van der Waals surface area contributed by atoms with Gasteiger partial charge in [-0.1, -0.05) is 6.92 Å². The molecule has 0 bridgehead atoms. The van der Waals surface area contributed by atoms with Gasteiger partial charge in [-0.15, -0.1) is 0 Å². The van der Waals surface area contributed by atoms with Crippen molar-refractivity contribution in [3.63, 3.8) is 0 Å². The summed E-state index contributed by atoms with van der Waals surface area (Å²) in [6, 6.07) is 0.357. The second-order valence-corrected chi connectivity index (χ2v) is 7.87. The van der Waals surface area contributed by atoms with E-state index in [2.05, 4.69) is 27.5 Å². The maximum absolute atomic E-state index is 11.8. The summed E-state index contributed by atoms with van der Waals surface area (Å²) in [6.45, 7) is 2.06. The molecule has 27 heavy (non-hydrogen) atoms. The Labute approximate surface area is 160 Å². The number of aliphatic hydroxyl groups excluding tert-OH is 1. The first-order valence-corrected chi connectivity index (χ1v) is 9.87. The Balaban J connectivity index is 1.68. The van der Waals surface area contributed by atoms with Crippen molar-refractivity contribution in [1.82, 2.24) is 9.97 Å². The largest absolute Gasteiger partial charge is 0.393 e. The summed E-state index contributed by atoms with van der Waals surface area (Å²) in [5.74, 6) is 0.670. The van der Waals surface area contributed by atoms with Gasteiger partial charge in [-0.2, -0.15) is 4.98 Å². The first-order chi connectivity index (χ1) is 13.0. The lowest BCUT2D eigenvalue weighted by molar-refractivity contribution is 0.0681. The smallest absolute Gasteiger partial charge is 0.254 e. The van der Waals surface area contributed by atoms with Crippen molar-refractivity contribution in [2.24, 2.45) is 11.7 Å². The maximum atomic E-state index is 11.8. The number of anilines is 2. The number of amides is 1. The Morgan fingerprint density at radius 2 is 1.89 bits per heavy atom. The molecule has 1 aromatic heterocycles. The normalized spacial score (nSPS) is 31.3. The number of ether oxygens (including phenoxy) is 1. The van der Waals surface area contributed by atoms with Crippen LogP contribution < -0.4 is 16.4 Å². The minimum Gasteiger partial charge on any atom is -0.393 e. The quantitative estimate of drug-likeness (QED) is 0.597. The highest BCUT2D eigenvalue weighted by Gasteiger charge is 2.27. The van der Waals surface area contributed by atoms with Crippen LogP contribution in [0.1, 0.15) is 62.2 Å². The summed E-state index contributed by atoms with van der Waals surface area (Å²) in [5, 5.41) is 16.8. The molecule has 150 valence electrons. The maximum Gasteiger partial charge on any atom is 0.254 e. The summed E-state index contributed by atoms with van der Waals surface area (Å²) < 4.78 is 5.41. The molecule has 0 aliphatic heterocycles. The zero-order valence-corrected chi connectivity index (χ0v) is 16.1. The molecule has 0 radical (unpaired) electrons. The number of aromatic nitrogens is 2. The third-order valence-corrected chi connectivity index (χ3v) is 5.89. The number of hydrogen-bond acceptors (Lipinski definition) is 7. The van der Waals surface area contributed by atoms with E-state index in [-0.39, 0.29) is 17.7 Å². The number of hydrogen-bond donors (Lipinski definition) is 4. The van der Waals surface area contributed by atoms with Crippen LogP contribution in [-0.2, 0) is 4.74 Å². The first kappa shape index (κ1) is 19.8. The van der Waals surface area contributed by atoms with Gasteiger partial charge in [0, 0.05) is 25.4 Å². The fourth-order valence-corrected chi connectivity index (χ4v) is 3.99. The van der Waals surface area contributed by atoms with Gasteiger partial charge in [0.05, 0.1) is 17.8 Å². The van der Waals surface area contributed by atoms with Crippen LogP contribution in [0.15, 0.2) is 6.20 Å². The number of primary amides is 1. The Hall–Kier alpha value is -1.93. The predicted molar refractivity (Wildman–Crippen MR) is 104 cm³/mol. The van der Waals surface area contributed by atoms with Crippen molar-refractivity contribution in [3.8, 4) is 0 Å². The number of aliphatic hydroxyl groups is 1. The van der Waals surface area contributed by atoms with Crippen molar-refractivity contribution in [2.45, 2.75) is 76.2 Å². The Morgan fingerprint density at radius 1 is 1.19 bits per heavy atom. The van der Waals surface area contributed by atoms with E-state index >= 15 is 0 Å². The molecule has 3 rings (SSSR count). The Bertz CT molecular complexity index is 648. The first-order valence-electron chi connectivity index (χ1n) is 9.87. The number of rotatable bonds is 6. The van der Waals surface area contributed by atoms with Gasteiger partial charge in [0.1, 0.15) is 5.82 Å². The molecule has 0 aromatic carbocycles. The highest BCUT2D eigenvalue weighted by Crippen LogP contribution is 2.28. The molecule has 0 saturated heterocycles. The molecular formula is C19H31N5O3. The van der Waals surface area contributed by atoms with Gasteiger partial charge >= 0.3 is 0 Å². The minimum atomic E-state index is -0.561. The summed E-state index contributed by atoms with van der Waals surface area (Å²) in [6.07, 6.45) is 7.96. The van der Waals surface area contributed by atoms with Gasteiger partial charge in [-0.3, -0.25) is 4.79 Å². The zero-order chi connectivity index (χ0) is 19.4. The average molecular weight is 377 g/mol. The van der Waals surface area contributed by atoms with Crippen LogP contribution in [0.5, 0.6) is 0 Å². The minimum absolute atomic E-state index is 0.0641. The van der Waals surface area contributed by atoms with E-state index in [9.17, 15) is 9.90 Å². The fraction of sp³-hybridized carbons (Fsp3) is 0.737. The van der Waals surface area contributed by atoms with Gasteiger partial charge in [0.25, 0.3) is 5.91 Å². The van der Waals surface area contributed by atoms with E-state index in [0.717, 1.165) is 38.5 Å². The molecule has 3 atom stereocenters. The second-order valence-electron chi connectivity index (χ2n) is 7.87. The van der Waals surface area contributed by atoms with E-state index in [4.69, 9.17) is 10.5 Å². The molecule has 8 nitrogen and oxygen atoms in total. The van der Waals surface area contributed by atoms with Gasteiger partial charge in [0.15, 0.2) is 0 Å². The van der Waals surface area contributed by atoms with E-state index in [0.29, 0.717) is 36.3 Å². The lowest BCUT2D eigenvalue weighted by Gasteiger charge is -2.32. The van der Waals surface area contributed by atoms with Gasteiger partial charge in [-0.25, -0.2) is 4.98 Å². The van der Waals surface area contributed by atoms with E-state index in [1.807, 2.05) is 0 Å². The number of nitrogens with zero attached hydrogens (tertiary/aromatic N) is 2. The summed E-state index contributed by atoms with van der Waals surface area (Å²) in [7, 11) is 1.75. The number of methoxy groups -OCH3 is 1. The van der Waals surface area contributed by atoms with Crippen LogP contribution in [0, 0.1) is 5.92 Å². The van der Waals surface area contributed by atoms with Crippen LogP contribution in [0.4, 0.5) is 11.8 Å². The van der Waals surface area contributed by atoms with Crippen molar-refractivity contribution < 1.29 is 14.6 Å². The number of carbonyl (C=O) groups excluding carboxylic acids is 1. The number of nitrogens with one attached hydrogen (secondary N) is 2. The monoisotopic (exact) mass is 377 g/mol.